The molecule has 5 heteroatoms. The molecule has 0 aromatic carbocycles. The number of piperazine rings is 1. The van der Waals surface area contributed by atoms with E-state index >= 15 is 0 Å². The van der Waals surface area contributed by atoms with E-state index in [0.29, 0.717) is 32.2 Å². The van der Waals surface area contributed by atoms with Gasteiger partial charge in [0.1, 0.15) is 6.04 Å². The monoisotopic (exact) mass is 268 g/mol. The largest absolute Gasteiger partial charge is 0.381 e. The Bertz CT molecular complexity index is 338. The van der Waals surface area contributed by atoms with Gasteiger partial charge in [-0.3, -0.25) is 9.59 Å². The van der Waals surface area contributed by atoms with Gasteiger partial charge in [-0.1, -0.05) is 13.8 Å². The van der Waals surface area contributed by atoms with Crippen LogP contribution in [-0.4, -0.2) is 49.1 Å². The standard InChI is InChI=1S/C14H24N2O3/c1-10(2)9-12-13(17)15-5-6-16(12)14(18)11-3-7-19-8-4-11/h10-12H,3-9H2,1-2H3,(H,15,17)/t12-/m1/s1. The molecular weight excluding hydrogens is 244 g/mol. The summed E-state index contributed by atoms with van der Waals surface area (Å²) in [6.07, 6.45) is 2.30. The Balaban J connectivity index is 2.05. The summed E-state index contributed by atoms with van der Waals surface area (Å²) in [5.74, 6) is 0.581. The third kappa shape index (κ3) is 3.47. The van der Waals surface area contributed by atoms with Gasteiger partial charge in [-0.05, 0) is 25.2 Å². The van der Waals surface area contributed by atoms with Crippen molar-refractivity contribution in [2.45, 2.75) is 39.2 Å². The lowest BCUT2D eigenvalue weighted by molar-refractivity contribution is -0.149. The predicted molar refractivity (Wildman–Crippen MR) is 71.5 cm³/mol. The highest BCUT2D eigenvalue weighted by molar-refractivity contribution is 5.89. The summed E-state index contributed by atoms with van der Waals surface area (Å²) in [7, 11) is 0. The summed E-state index contributed by atoms with van der Waals surface area (Å²) in [5.41, 5.74) is 0. The SMILES string of the molecule is CC(C)C[C@@H]1C(=O)NCCN1C(=O)C1CCOCC1. The Labute approximate surface area is 114 Å². The van der Waals surface area contributed by atoms with Crippen LogP contribution in [0.1, 0.15) is 33.1 Å². The lowest BCUT2D eigenvalue weighted by Crippen LogP contribution is -2.59. The number of carbonyl (C=O) groups excluding carboxylic acids is 2. The van der Waals surface area contributed by atoms with Crippen molar-refractivity contribution in [3.63, 3.8) is 0 Å². The summed E-state index contributed by atoms with van der Waals surface area (Å²) < 4.78 is 5.30. The van der Waals surface area contributed by atoms with Crippen molar-refractivity contribution < 1.29 is 14.3 Å². The molecule has 2 heterocycles. The Morgan fingerprint density at radius 1 is 1.42 bits per heavy atom. The average Bonchev–Trinajstić information content (AvgIpc) is 2.41. The van der Waals surface area contributed by atoms with Crippen LogP contribution in [0.5, 0.6) is 0 Å². The first-order chi connectivity index (χ1) is 9.09. The zero-order valence-electron chi connectivity index (χ0n) is 11.9. The van der Waals surface area contributed by atoms with Gasteiger partial charge in [0.15, 0.2) is 0 Å². The smallest absolute Gasteiger partial charge is 0.242 e. The van der Waals surface area contributed by atoms with Crippen molar-refractivity contribution in [3.05, 3.63) is 0 Å². The van der Waals surface area contributed by atoms with Crippen molar-refractivity contribution in [1.29, 1.82) is 0 Å². The van der Waals surface area contributed by atoms with Gasteiger partial charge < -0.3 is 15.0 Å². The molecular formula is C14H24N2O3. The molecule has 1 atom stereocenters. The second-order valence-electron chi connectivity index (χ2n) is 5.85. The van der Waals surface area contributed by atoms with Crippen molar-refractivity contribution in [3.8, 4) is 0 Å². The van der Waals surface area contributed by atoms with Crippen LogP contribution >= 0.6 is 0 Å². The quantitative estimate of drug-likeness (QED) is 0.823. The molecule has 2 aliphatic heterocycles. The molecule has 0 aliphatic carbocycles. The molecule has 0 radical (unpaired) electrons. The minimum absolute atomic E-state index is 0.000333. The number of ether oxygens (including phenoxy) is 1. The van der Waals surface area contributed by atoms with Crippen molar-refractivity contribution in [2.24, 2.45) is 11.8 Å². The lowest BCUT2D eigenvalue weighted by Gasteiger charge is -2.38. The van der Waals surface area contributed by atoms with Gasteiger partial charge in [-0.25, -0.2) is 0 Å². The maximum atomic E-state index is 12.6. The molecule has 2 fully saturated rings. The highest BCUT2D eigenvalue weighted by Crippen LogP contribution is 2.22. The third-order valence-corrected chi connectivity index (χ3v) is 3.88. The second kappa shape index (κ2) is 6.37. The van der Waals surface area contributed by atoms with Crippen LogP contribution in [0.25, 0.3) is 0 Å². The van der Waals surface area contributed by atoms with Crippen LogP contribution < -0.4 is 5.32 Å². The van der Waals surface area contributed by atoms with Crippen molar-refractivity contribution >= 4 is 11.8 Å². The van der Waals surface area contributed by atoms with Gasteiger partial charge in [0.05, 0.1) is 0 Å². The van der Waals surface area contributed by atoms with Gasteiger partial charge in [-0.2, -0.15) is 0 Å². The van der Waals surface area contributed by atoms with E-state index < -0.39 is 0 Å². The first-order valence-electron chi connectivity index (χ1n) is 7.25. The molecule has 2 saturated heterocycles. The van der Waals surface area contributed by atoms with E-state index in [4.69, 9.17) is 4.74 Å². The zero-order chi connectivity index (χ0) is 13.8. The third-order valence-electron chi connectivity index (χ3n) is 3.88. The molecule has 0 saturated carbocycles. The van der Waals surface area contributed by atoms with E-state index in [2.05, 4.69) is 19.2 Å². The molecule has 19 heavy (non-hydrogen) atoms. The van der Waals surface area contributed by atoms with Crippen LogP contribution in [0.4, 0.5) is 0 Å². The molecule has 2 amide bonds. The Morgan fingerprint density at radius 2 is 2.11 bits per heavy atom. The molecule has 0 aromatic rings. The Kier molecular flexibility index (Phi) is 4.80. The maximum absolute atomic E-state index is 12.6. The Hall–Kier alpha value is -1.10. The Morgan fingerprint density at radius 3 is 2.74 bits per heavy atom. The number of nitrogens with zero attached hydrogens (tertiary/aromatic N) is 1. The minimum atomic E-state index is -0.288. The van der Waals surface area contributed by atoms with Crippen molar-refractivity contribution in [1.82, 2.24) is 10.2 Å². The summed E-state index contributed by atoms with van der Waals surface area (Å²) in [6.45, 7) is 6.69. The van der Waals surface area contributed by atoms with Crippen LogP contribution in [0.3, 0.4) is 0 Å². The van der Waals surface area contributed by atoms with E-state index in [1.165, 1.54) is 0 Å². The number of carbonyl (C=O) groups is 2. The van der Waals surface area contributed by atoms with E-state index in [0.717, 1.165) is 19.3 Å². The zero-order valence-corrected chi connectivity index (χ0v) is 11.9. The average molecular weight is 268 g/mol. The topological polar surface area (TPSA) is 58.6 Å². The predicted octanol–water partition coefficient (Wildman–Crippen LogP) is 0.786. The van der Waals surface area contributed by atoms with Gasteiger partial charge in [0, 0.05) is 32.2 Å². The van der Waals surface area contributed by atoms with E-state index in [1.807, 2.05) is 0 Å². The molecule has 0 bridgehead atoms. The second-order valence-corrected chi connectivity index (χ2v) is 5.85. The minimum Gasteiger partial charge on any atom is -0.381 e. The maximum Gasteiger partial charge on any atom is 0.242 e. The van der Waals surface area contributed by atoms with E-state index in [9.17, 15) is 9.59 Å². The first kappa shape index (κ1) is 14.3. The fraction of sp³-hybridized carbons (Fsp3) is 0.857. The molecule has 5 nitrogen and oxygen atoms in total. The van der Waals surface area contributed by atoms with Gasteiger partial charge in [0.2, 0.25) is 11.8 Å². The summed E-state index contributed by atoms with van der Waals surface area (Å²) >= 11 is 0. The van der Waals surface area contributed by atoms with E-state index in [-0.39, 0.29) is 23.8 Å². The van der Waals surface area contributed by atoms with Crippen LogP contribution in [0.15, 0.2) is 0 Å². The lowest BCUT2D eigenvalue weighted by atomic mass is 9.94. The van der Waals surface area contributed by atoms with Gasteiger partial charge in [-0.15, -0.1) is 0 Å². The number of nitrogens with one attached hydrogen (secondary N) is 1. The molecule has 0 unspecified atom stereocenters. The van der Waals surface area contributed by atoms with Crippen LogP contribution in [0.2, 0.25) is 0 Å². The van der Waals surface area contributed by atoms with Gasteiger partial charge in [0.25, 0.3) is 0 Å². The molecule has 2 rings (SSSR count). The van der Waals surface area contributed by atoms with Gasteiger partial charge >= 0.3 is 0 Å². The molecule has 0 spiro atoms. The molecule has 1 N–H and O–H groups in total. The molecule has 2 aliphatic rings. The van der Waals surface area contributed by atoms with Crippen LogP contribution in [-0.2, 0) is 14.3 Å². The first-order valence-corrected chi connectivity index (χ1v) is 7.25. The summed E-state index contributed by atoms with van der Waals surface area (Å²) in [4.78, 5) is 26.4. The normalized spacial score (nSPS) is 25.5. The fourth-order valence-corrected chi connectivity index (χ4v) is 2.84. The fourth-order valence-electron chi connectivity index (χ4n) is 2.84. The summed E-state index contributed by atoms with van der Waals surface area (Å²) in [5, 5.41) is 2.87. The molecule has 108 valence electrons. The summed E-state index contributed by atoms with van der Waals surface area (Å²) in [6, 6.07) is -0.288. The number of hydrogen-bond acceptors (Lipinski definition) is 3. The van der Waals surface area contributed by atoms with Crippen LogP contribution in [0, 0.1) is 11.8 Å². The number of rotatable bonds is 3. The number of hydrogen-bond donors (Lipinski definition) is 1. The van der Waals surface area contributed by atoms with Crippen molar-refractivity contribution in [2.75, 3.05) is 26.3 Å². The number of amides is 2. The van der Waals surface area contributed by atoms with E-state index in [1.54, 1.807) is 4.90 Å². The highest BCUT2D eigenvalue weighted by Gasteiger charge is 2.36. The highest BCUT2D eigenvalue weighted by atomic mass is 16.5. The molecule has 0 aromatic heterocycles.